The SMILES string of the molecule is CCCN(CCCS(=O)(=O)[O-])c1ccc(N=Nc2ccc(Br)cn2)c(O)c1.O.[Na+]. The summed E-state index contributed by atoms with van der Waals surface area (Å²) in [6.45, 7) is 3.06. The molecule has 1 aromatic carbocycles. The molecule has 0 aliphatic carbocycles. The summed E-state index contributed by atoms with van der Waals surface area (Å²) in [6, 6.07) is 8.41. The Morgan fingerprint density at radius 1 is 1.21 bits per heavy atom. The molecule has 1 aromatic heterocycles. The molecule has 154 valence electrons. The van der Waals surface area contributed by atoms with E-state index in [1.807, 2.05) is 11.8 Å². The maximum atomic E-state index is 10.8. The number of aromatic hydroxyl groups is 1. The molecule has 0 saturated carbocycles. The summed E-state index contributed by atoms with van der Waals surface area (Å²) < 4.78 is 33.1. The zero-order valence-electron chi connectivity index (χ0n) is 16.2. The summed E-state index contributed by atoms with van der Waals surface area (Å²) in [5, 5.41) is 18.2. The Hall–Kier alpha value is -1.08. The molecule has 1 heterocycles. The average molecular weight is 497 g/mol. The van der Waals surface area contributed by atoms with Crippen LogP contribution in [0.2, 0.25) is 0 Å². The van der Waals surface area contributed by atoms with Crippen LogP contribution in [-0.4, -0.2) is 47.4 Å². The van der Waals surface area contributed by atoms with E-state index in [0.29, 0.717) is 24.6 Å². The third kappa shape index (κ3) is 9.98. The summed E-state index contributed by atoms with van der Waals surface area (Å²) in [6.07, 6.45) is 2.66. The topological polar surface area (TPSA) is 150 Å². The molecule has 2 rings (SSSR count). The predicted molar refractivity (Wildman–Crippen MR) is 110 cm³/mol. The Labute approximate surface area is 200 Å². The van der Waals surface area contributed by atoms with Gasteiger partial charge in [0.1, 0.15) is 11.4 Å². The van der Waals surface area contributed by atoms with Gasteiger partial charge in [0, 0.05) is 41.3 Å². The van der Waals surface area contributed by atoms with Gasteiger partial charge in [0.2, 0.25) is 0 Å². The third-order valence-electron chi connectivity index (χ3n) is 3.61. The molecular formula is C17H22BrN4NaO5S. The zero-order valence-corrected chi connectivity index (χ0v) is 20.6. The number of phenolic OH excluding ortho intramolecular Hbond substituents is 1. The van der Waals surface area contributed by atoms with Crippen molar-refractivity contribution in [1.82, 2.24) is 4.98 Å². The van der Waals surface area contributed by atoms with E-state index >= 15 is 0 Å². The molecule has 29 heavy (non-hydrogen) atoms. The number of nitrogens with zero attached hydrogens (tertiary/aromatic N) is 4. The van der Waals surface area contributed by atoms with Gasteiger partial charge in [-0.2, -0.15) is 0 Å². The number of pyridine rings is 1. The molecule has 0 radical (unpaired) electrons. The van der Waals surface area contributed by atoms with E-state index in [2.05, 4.69) is 31.1 Å². The van der Waals surface area contributed by atoms with Gasteiger partial charge in [-0.25, -0.2) is 13.4 Å². The van der Waals surface area contributed by atoms with Crippen LogP contribution in [0.15, 0.2) is 51.2 Å². The summed E-state index contributed by atoms with van der Waals surface area (Å²) >= 11 is 3.29. The monoisotopic (exact) mass is 496 g/mol. The summed E-state index contributed by atoms with van der Waals surface area (Å²) in [5.41, 5.74) is 1.01. The fraction of sp³-hybridized carbons (Fsp3) is 0.353. The number of azo groups is 1. The van der Waals surface area contributed by atoms with Crippen LogP contribution in [0.5, 0.6) is 5.75 Å². The molecule has 3 N–H and O–H groups in total. The molecule has 0 bridgehead atoms. The fourth-order valence-corrected chi connectivity index (χ4v) is 3.11. The molecule has 0 fully saturated rings. The summed E-state index contributed by atoms with van der Waals surface area (Å²) in [4.78, 5) is 5.99. The van der Waals surface area contributed by atoms with Crippen molar-refractivity contribution in [1.29, 1.82) is 0 Å². The zero-order chi connectivity index (χ0) is 19.9. The van der Waals surface area contributed by atoms with Gasteiger partial charge in [-0.1, -0.05) is 6.92 Å². The fourth-order valence-electron chi connectivity index (χ4n) is 2.40. The Morgan fingerprint density at radius 2 is 1.93 bits per heavy atom. The predicted octanol–water partition coefficient (Wildman–Crippen LogP) is 0.296. The van der Waals surface area contributed by atoms with Crippen LogP contribution >= 0.6 is 15.9 Å². The normalized spacial score (nSPS) is 11.0. The largest absolute Gasteiger partial charge is 1.00 e. The second-order valence-electron chi connectivity index (χ2n) is 5.81. The molecule has 0 spiro atoms. The first-order valence-electron chi connectivity index (χ1n) is 8.33. The Bertz CT molecular complexity index is 897. The van der Waals surface area contributed by atoms with Crippen LogP contribution in [0.25, 0.3) is 0 Å². The molecule has 0 aliphatic heterocycles. The van der Waals surface area contributed by atoms with E-state index < -0.39 is 15.9 Å². The van der Waals surface area contributed by atoms with Crippen LogP contribution < -0.4 is 34.5 Å². The van der Waals surface area contributed by atoms with Gasteiger partial charge in [-0.05, 0) is 53.0 Å². The molecule has 0 aliphatic rings. The quantitative estimate of drug-likeness (QED) is 0.299. The van der Waals surface area contributed by atoms with Crippen molar-refractivity contribution in [3.63, 3.8) is 0 Å². The maximum Gasteiger partial charge on any atom is 1.00 e. The molecule has 0 saturated heterocycles. The Kier molecular flexibility index (Phi) is 12.8. The summed E-state index contributed by atoms with van der Waals surface area (Å²) in [5.74, 6) is -0.0508. The van der Waals surface area contributed by atoms with Crippen LogP contribution in [0.3, 0.4) is 0 Å². The minimum atomic E-state index is -4.23. The van der Waals surface area contributed by atoms with Gasteiger partial charge in [0.15, 0.2) is 5.82 Å². The van der Waals surface area contributed by atoms with Crippen molar-refractivity contribution in [3.8, 4) is 5.75 Å². The second-order valence-corrected chi connectivity index (χ2v) is 8.25. The number of hydrogen-bond acceptors (Lipinski definition) is 8. The van der Waals surface area contributed by atoms with Crippen LogP contribution in [0.4, 0.5) is 17.2 Å². The van der Waals surface area contributed by atoms with E-state index in [-0.39, 0.29) is 47.2 Å². The smallest absolute Gasteiger partial charge is 0.748 e. The van der Waals surface area contributed by atoms with Crippen molar-refractivity contribution in [2.45, 2.75) is 19.8 Å². The van der Waals surface area contributed by atoms with E-state index in [0.717, 1.165) is 16.6 Å². The van der Waals surface area contributed by atoms with E-state index in [4.69, 9.17) is 0 Å². The second kappa shape index (κ2) is 13.3. The van der Waals surface area contributed by atoms with Crippen LogP contribution in [0.1, 0.15) is 19.8 Å². The van der Waals surface area contributed by atoms with Crippen LogP contribution in [0, 0.1) is 0 Å². The van der Waals surface area contributed by atoms with Gasteiger partial charge in [0.25, 0.3) is 0 Å². The molecule has 12 heteroatoms. The van der Waals surface area contributed by atoms with E-state index in [1.54, 1.807) is 36.5 Å². The minimum absolute atomic E-state index is 0. The van der Waals surface area contributed by atoms with Gasteiger partial charge in [-0.3, -0.25) is 0 Å². The van der Waals surface area contributed by atoms with Crippen molar-refractivity contribution in [3.05, 3.63) is 41.0 Å². The first-order valence-corrected chi connectivity index (χ1v) is 10.7. The van der Waals surface area contributed by atoms with Crippen molar-refractivity contribution < 1.29 is 53.1 Å². The average Bonchev–Trinajstić information content (AvgIpc) is 2.60. The van der Waals surface area contributed by atoms with Gasteiger partial charge in [0.05, 0.1) is 10.1 Å². The number of hydrogen-bond donors (Lipinski definition) is 1. The standard InChI is InChI=1S/C17H21BrN4O4S.Na.H2O/c1-2-8-22(9-3-10-27(24,25)26)14-5-6-15(16(23)11-14)20-21-17-7-4-13(18)12-19-17;;/h4-7,11-12,23H,2-3,8-10H2,1H3,(H,24,25,26);;1H2/q;+1;/p-1. The number of aromatic nitrogens is 1. The minimum Gasteiger partial charge on any atom is -0.748 e. The first kappa shape index (κ1) is 27.9. The molecule has 2 aromatic rings. The summed E-state index contributed by atoms with van der Waals surface area (Å²) in [7, 11) is -4.23. The van der Waals surface area contributed by atoms with Crippen molar-refractivity contribution >= 4 is 43.2 Å². The molecule has 0 amide bonds. The van der Waals surface area contributed by atoms with Crippen LogP contribution in [-0.2, 0) is 10.1 Å². The molecule has 0 atom stereocenters. The van der Waals surface area contributed by atoms with Crippen molar-refractivity contribution in [2.24, 2.45) is 10.2 Å². The molecular weight excluding hydrogens is 475 g/mol. The van der Waals surface area contributed by atoms with Gasteiger partial charge >= 0.3 is 29.6 Å². The number of benzene rings is 1. The number of halogens is 1. The number of rotatable bonds is 9. The Morgan fingerprint density at radius 3 is 2.48 bits per heavy atom. The number of anilines is 1. The first-order chi connectivity index (χ1) is 12.8. The molecule has 0 unspecified atom stereocenters. The van der Waals surface area contributed by atoms with Crippen molar-refractivity contribution in [2.75, 3.05) is 23.7 Å². The van der Waals surface area contributed by atoms with E-state index in [9.17, 15) is 18.1 Å². The number of phenols is 1. The van der Waals surface area contributed by atoms with Gasteiger partial charge in [-0.15, -0.1) is 10.2 Å². The molecule has 9 nitrogen and oxygen atoms in total. The third-order valence-corrected chi connectivity index (χ3v) is 4.87. The maximum absolute atomic E-state index is 10.8. The van der Waals surface area contributed by atoms with Gasteiger partial charge < -0.3 is 20.0 Å². The Balaban J connectivity index is 0.00000392. The van der Waals surface area contributed by atoms with E-state index in [1.165, 1.54) is 0 Å².